The average Bonchev–Trinajstić information content (AvgIpc) is 2.31. The van der Waals surface area contributed by atoms with Crippen molar-refractivity contribution in [1.82, 2.24) is 4.31 Å². The van der Waals surface area contributed by atoms with Gasteiger partial charge in [-0.2, -0.15) is 0 Å². The van der Waals surface area contributed by atoms with Crippen molar-refractivity contribution < 1.29 is 13.2 Å². The van der Waals surface area contributed by atoms with Crippen LogP contribution in [0.5, 0.6) is 5.75 Å². The zero-order valence-corrected chi connectivity index (χ0v) is 12.5. The molecule has 0 N–H and O–H groups in total. The molecule has 1 rings (SSSR count). The van der Waals surface area contributed by atoms with Gasteiger partial charge in [0.25, 0.3) is 0 Å². The molecule has 0 saturated carbocycles. The monoisotopic (exact) mass is 271 g/mol. The van der Waals surface area contributed by atoms with Crippen LogP contribution in [0, 0.1) is 13.8 Å². The Hall–Kier alpha value is -1.07. The lowest BCUT2D eigenvalue weighted by atomic mass is 10.1. The minimum atomic E-state index is -3.40. The highest BCUT2D eigenvalue weighted by Gasteiger charge is 2.23. The number of hydrogen-bond acceptors (Lipinski definition) is 3. The van der Waals surface area contributed by atoms with E-state index in [0.29, 0.717) is 22.8 Å². The molecule has 0 amide bonds. The fraction of sp³-hybridized carbons (Fsp3) is 0.538. The Morgan fingerprint density at radius 2 is 1.83 bits per heavy atom. The maximum Gasteiger partial charge on any atom is 0.243 e. The molecule has 0 aliphatic rings. The molecule has 0 spiro atoms. The zero-order chi connectivity index (χ0) is 13.9. The molecule has 5 heteroatoms. The number of ether oxygens (including phenoxy) is 1. The van der Waals surface area contributed by atoms with Gasteiger partial charge in [0.2, 0.25) is 10.0 Å². The first-order chi connectivity index (χ1) is 8.34. The van der Waals surface area contributed by atoms with Crippen molar-refractivity contribution in [2.75, 3.05) is 20.7 Å². The second-order valence-corrected chi connectivity index (χ2v) is 6.43. The Bertz CT molecular complexity index is 523. The predicted octanol–water partition coefficient (Wildman–Crippen LogP) is 2.34. The number of sulfonamides is 1. The molecule has 0 fully saturated rings. The number of nitrogens with zero attached hydrogens (tertiary/aromatic N) is 1. The standard InChI is InChI=1S/C13H21NO3S/c1-6-7-14(4)18(15,16)13-9-10(2)12(17-5)8-11(13)3/h8-9H,6-7H2,1-5H3. The minimum Gasteiger partial charge on any atom is -0.496 e. The van der Waals surface area contributed by atoms with Crippen LogP contribution in [0.3, 0.4) is 0 Å². The number of hydrogen-bond donors (Lipinski definition) is 0. The Morgan fingerprint density at radius 3 is 2.33 bits per heavy atom. The maximum absolute atomic E-state index is 12.4. The minimum absolute atomic E-state index is 0.358. The first-order valence-electron chi connectivity index (χ1n) is 5.96. The topological polar surface area (TPSA) is 46.6 Å². The summed E-state index contributed by atoms with van der Waals surface area (Å²) >= 11 is 0. The van der Waals surface area contributed by atoms with Gasteiger partial charge >= 0.3 is 0 Å². The molecular formula is C13H21NO3S. The summed E-state index contributed by atoms with van der Waals surface area (Å²) in [6, 6.07) is 3.44. The Kier molecular flexibility index (Phi) is 4.76. The van der Waals surface area contributed by atoms with E-state index in [1.807, 2.05) is 13.8 Å². The highest BCUT2D eigenvalue weighted by Crippen LogP contribution is 2.27. The molecule has 0 aliphatic heterocycles. The van der Waals surface area contributed by atoms with Crippen molar-refractivity contribution >= 4 is 10.0 Å². The SMILES string of the molecule is CCCN(C)S(=O)(=O)c1cc(C)c(OC)cc1C. The number of aryl methyl sites for hydroxylation is 2. The summed E-state index contributed by atoms with van der Waals surface area (Å²) in [7, 11) is -0.210. The number of methoxy groups -OCH3 is 1. The van der Waals surface area contributed by atoms with E-state index in [0.717, 1.165) is 12.0 Å². The lowest BCUT2D eigenvalue weighted by Gasteiger charge is -2.19. The average molecular weight is 271 g/mol. The molecule has 1 aromatic carbocycles. The van der Waals surface area contributed by atoms with Gasteiger partial charge in [0.1, 0.15) is 5.75 Å². The molecular weight excluding hydrogens is 250 g/mol. The second-order valence-electron chi connectivity index (χ2n) is 4.41. The normalized spacial score (nSPS) is 11.9. The second kappa shape index (κ2) is 5.71. The lowest BCUT2D eigenvalue weighted by Crippen LogP contribution is -2.28. The van der Waals surface area contributed by atoms with Crippen molar-refractivity contribution in [2.45, 2.75) is 32.1 Å². The molecule has 102 valence electrons. The van der Waals surface area contributed by atoms with E-state index < -0.39 is 10.0 Å². The summed E-state index contributed by atoms with van der Waals surface area (Å²) in [5.74, 6) is 0.713. The van der Waals surface area contributed by atoms with E-state index in [1.54, 1.807) is 33.2 Å². The van der Waals surface area contributed by atoms with Crippen LogP contribution in [0.4, 0.5) is 0 Å². The highest BCUT2D eigenvalue weighted by molar-refractivity contribution is 7.89. The highest BCUT2D eigenvalue weighted by atomic mass is 32.2. The van der Waals surface area contributed by atoms with Crippen LogP contribution in [0.25, 0.3) is 0 Å². The first kappa shape index (κ1) is 15.0. The number of benzene rings is 1. The van der Waals surface area contributed by atoms with Gasteiger partial charge in [0.15, 0.2) is 0 Å². The van der Waals surface area contributed by atoms with Gasteiger partial charge in [0.05, 0.1) is 12.0 Å². The van der Waals surface area contributed by atoms with E-state index in [9.17, 15) is 8.42 Å². The van der Waals surface area contributed by atoms with Crippen LogP contribution < -0.4 is 4.74 Å². The van der Waals surface area contributed by atoms with Crippen molar-refractivity contribution in [3.8, 4) is 5.75 Å². The third-order valence-corrected chi connectivity index (χ3v) is 4.92. The number of rotatable bonds is 5. The molecule has 0 saturated heterocycles. The molecule has 0 unspecified atom stereocenters. The van der Waals surface area contributed by atoms with Crippen molar-refractivity contribution in [1.29, 1.82) is 0 Å². The molecule has 0 heterocycles. The molecule has 0 atom stereocenters. The molecule has 0 aromatic heterocycles. The van der Waals surface area contributed by atoms with Gasteiger partial charge in [0, 0.05) is 13.6 Å². The molecule has 0 radical (unpaired) electrons. The van der Waals surface area contributed by atoms with Crippen molar-refractivity contribution in [3.05, 3.63) is 23.3 Å². The lowest BCUT2D eigenvalue weighted by molar-refractivity contribution is 0.410. The van der Waals surface area contributed by atoms with Gasteiger partial charge in [-0.3, -0.25) is 0 Å². The van der Waals surface area contributed by atoms with Crippen LogP contribution in [0.15, 0.2) is 17.0 Å². The smallest absolute Gasteiger partial charge is 0.243 e. The summed E-state index contributed by atoms with van der Waals surface area (Å²) in [4.78, 5) is 0.358. The summed E-state index contributed by atoms with van der Waals surface area (Å²) in [5.41, 5.74) is 1.53. The van der Waals surface area contributed by atoms with Gasteiger partial charge in [-0.05, 0) is 43.5 Å². The van der Waals surface area contributed by atoms with E-state index in [1.165, 1.54) is 4.31 Å². The van der Waals surface area contributed by atoms with Gasteiger partial charge in [-0.15, -0.1) is 0 Å². The van der Waals surface area contributed by atoms with Crippen LogP contribution in [0.1, 0.15) is 24.5 Å². The maximum atomic E-state index is 12.4. The first-order valence-corrected chi connectivity index (χ1v) is 7.40. The van der Waals surface area contributed by atoms with E-state index >= 15 is 0 Å². The largest absolute Gasteiger partial charge is 0.496 e. The Labute approximate surface area is 110 Å². The molecule has 18 heavy (non-hydrogen) atoms. The van der Waals surface area contributed by atoms with E-state index in [2.05, 4.69) is 0 Å². The van der Waals surface area contributed by atoms with Crippen molar-refractivity contribution in [2.24, 2.45) is 0 Å². The van der Waals surface area contributed by atoms with E-state index in [4.69, 9.17) is 4.74 Å². The Morgan fingerprint density at radius 1 is 1.22 bits per heavy atom. The third-order valence-electron chi connectivity index (χ3n) is 2.92. The fourth-order valence-corrected chi connectivity index (χ4v) is 3.41. The molecule has 1 aromatic rings. The molecule has 0 aliphatic carbocycles. The summed E-state index contributed by atoms with van der Waals surface area (Å²) in [5, 5.41) is 0. The fourth-order valence-electron chi connectivity index (χ4n) is 1.86. The molecule has 4 nitrogen and oxygen atoms in total. The summed E-state index contributed by atoms with van der Waals surface area (Å²) in [6.45, 7) is 6.11. The van der Waals surface area contributed by atoms with Crippen LogP contribution in [0.2, 0.25) is 0 Å². The third kappa shape index (κ3) is 2.84. The van der Waals surface area contributed by atoms with Gasteiger partial charge in [-0.1, -0.05) is 6.92 Å². The zero-order valence-electron chi connectivity index (χ0n) is 11.6. The van der Waals surface area contributed by atoms with Crippen LogP contribution in [-0.2, 0) is 10.0 Å². The van der Waals surface area contributed by atoms with Gasteiger partial charge < -0.3 is 4.74 Å². The van der Waals surface area contributed by atoms with E-state index in [-0.39, 0.29) is 0 Å². The Balaban J connectivity index is 3.29. The van der Waals surface area contributed by atoms with Crippen LogP contribution >= 0.6 is 0 Å². The predicted molar refractivity (Wildman–Crippen MR) is 72.6 cm³/mol. The van der Waals surface area contributed by atoms with Crippen LogP contribution in [-0.4, -0.2) is 33.4 Å². The quantitative estimate of drug-likeness (QED) is 0.826. The summed E-state index contributed by atoms with van der Waals surface area (Å²) < 4.78 is 31.3. The molecule has 0 bridgehead atoms. The van der Waals surface area contributed by atoms with Gasteiger partial charge in [-0.25, -0.2) is 12.7 Å². The summed E-state index contributed by atoms with van der Waals surface area (Å²) in [6.07, 6.45) is 0.796. The van der Waals surface area contributed by atoms with Crippen molar-refractivity contribution in [3.63, 3.8) is 0 Å².